The van der Waals surface area contributed by atoms with Gasteiger partial charge in [-0.1, -0.05) is 25.1 Å². The summed E-state index contributed by atoms with van der Waals surface area (Å²) >= 11 is 0. The quantitative estimate of drug-likeness (QED) is 0.421. The molecule has 0 saturated heterocycles. The van der Waals surface area contributed by atoms with E-state index in [4.69, 9.17) is 4.74 Å². The molecule has 210 valence electrons. The lowest BCUT2D eigenvalue weighted by Crippen LogP contribution is -2.53. The maximum atomic E-state index is 13.6. The molecule has 9 heteroatoms. The van der Waals surface area contributed by atoms with Crippen LogP contribution < -0.4 is 14.4 Å². The number of methoxy groups -OCH3 is 1. The second kappa shape index (κ2) is 13.1. The summed E-state index contributed by atoms with van der Waals surface area (Å²) in [7, 11) is -1.97. The van der Waals surface area contributed by atoms with Crippen molar-refractivity contribution in [2.75, 3.05) is 24.2 Å². The van der Waals surface area contributed by atoms with Gasteiger partial charge in [0, 0.05) is 25.0 Å². The molecule has 0 spiro atoms. The lowest BCUT2D eigenvalue weighted by atomic mass is 10.0. The highest BCUT2D eigenvalue weighted by Crippen LogP contribution is 2.23. The number of rotatable bonds is 12. The van der Waals surface area contributed by atoms with Crippen molar-refractivity contribution >= 4 is 27.5 Å². The number of benzene rings is 2. The first-order valence-electron chi connectivity index (χ1n) is 12.9. The van der Waals surface area contributed by atoms with Crippen LogP contribution in [0.3, 0.4) is 0 Å². The van der Waals surface area contributed by atoms with E-state index in [0.717, 1.165) is 16.7 Å². The normalized spacial score (nSPS) is 12.5. The van der Waals surface area contributed by atoms with Crippen LogP contribution in [0.4, 0.5) is 5.69 Å². The summed E-state index contributed by atoms with van der Waals surface area (Å²) < 4.78 is 31.9. The molecule has 1 atom stereocenters. The highest BCUT2D eigenvalue weighted by atomic mass is 32.2. The number of nitrogens with one attached hydrogen (secondary N) is 1. The van der Waals surface area contributed by atoms with Gasteiger partial charge in [-0.3, -0.25) is 13.9 Å². The number of amides is 2. The Bertz CT molecular complexity index is 1200. The predicted molar refractivity (Wildman–Crippen MR) is 153 cm³/mol. The van der Waals surface area contributed by atoms with Gasteiger partial charge in [-0.2, -0.15) is 0 Å². The van der Waals surface area contributed by atoms with E-state index in [1.807, 2.05) is 84.0 Å². The highest BCUT2D eigenvalue weighted by Gasteiger charge is 2.31. The van der Waals surface area contributed by atoms with Crippen LogP contribution in [-0.4, -0.2) is 56.6 Å². The third-order valence-electron chi connectivity index (χ3n) is 6.02. The Morgan fingerprint density at radius 3 is 2.21 bits per heavy atom. The zero-order valence-corrected chi connectivity index (χ0v) is 24.8. The number of nitrogens with zero attached hydrogens (tertiary/aromatic N) is 2. The lowest BCUT2D eigenvalue weighted by molar-refractivity contribution is -0.142. The Labute approximate surface area is 228 Å². The molecule has 8 nitrogen and oxygen atoms in total. The van der Waals surface area contributed by atoms with Gasteiger partial charge in [0.1, 0.15) is 11.8 Å². The maximum Gasteiger partial charge on any atom is 0.243 e. The third kappa shape index (κ3) is 9.35. The summed E-state index contributed by atoms with van der Waals surface area (Å²) in [6, 6.07) is 12.4. The Morgan fingerprint density at radius 2 is 1.68 bits per heavy atom. The summed E-state index contributed by atoms with van der Waals surface area (Å²) in [5.74, 6) is 0.237. The lowest BCUT2D eigenvalue weighted by Gasteiger charge is -2.33. The van der Waals surface area contributed by atoms with Gasteiger partial charge in [0.25, 0.3) is 0 Å². The van der Waals surface area contributed by atoms with Crippen LogP contribution in [0.5, 0.6) is 5.75 Å². The predicted octanol–water partition coefficient (Wildman–Crippen LogP) is 4.58. The molecular formula is C29H43N3O5S. The third-order valence-corrected chi connectivity index (χ3v) is 7.21. The smallest absolute Gasteiger partial charge is 0.243 e. The zero-order valence-electron chi connectivity index (χ0n) is 24.0. The molecule has 0 fully saturated rings. The minimum atomic E-state index is -3.55. The van der Waals surface area contributed by atoms with Gasteiger partial charge in [-0.25, -0.2) is 8.42 Å². The van der Waals surface area contributed by atoms with E-state index < -0.39 is 21.6 Å². The zero-order chi connectivity index (χ0) is 28.7. The van der Waals surface area contributed by atoms with Gasteiger partial charge in [-0.15, -0.1) is 0 Å². The van der Waals surface area contributed by atoms with E-state index in [9.17, 15) is 18.0 Å². The first-order valence-corrected chi connectivity index (χ1v) is 14.8. The van der Waals surface area contributed by atoms with Crippen molar-refractivity contribution < 1.29 is 22.7 Å². The van der Waals surface area contributed by atoms with Crippen molar-refractivity contribution in [3.63, 3.8) is 0 Å². The van der Waals surface area contributed by atoms with E-state index in [1.165, 1.54) is 10.6 Å². The average molecular weight is 546 g/mol. The van der Waals surface area contributed by atoms with Crippen LogP contribution >= 0.6 is 0 Å². The number of hydrogen-bond donors (Lipinski definition) is 1. The molecule has 0 aliphatic carbocycles. The van der Waals surface area contributed by atoms with E-state index >= 15 is 0 Å². The molecule has 2 amide bonds. The van der Waals surface area contributed by atoms with Crippen LogP contribution in [0.25, 0.3) is 0 Å². The van der Waals surface area contributed by atoms with Gasteiger partial charge in [0.05, 0.1) is 19.1 Å². The summed E-state index contributed by atoms with van der Waals surface area (Å²) in [6.07, 6.45) is 2.02. The summed E-state index contributed by atoms with van der Waals surface area (Å²) in [6.45, 7) is 11.8. The molecule has 38 heavy (non-hydrogen) atoms. The molecular weight excluding hydrogens is 502 g/mol. The van der Waals surface area contributed by atoms with Gasteiger partial charge in [0.2, 0.25) is 21.8 Å². The molecule has 2 aromatic carbocycles. The minimum Gasteiger partial charge on any atom is -0.497 e. The summed E-state index contributed by atoms with van der Waals surface area (Å²) in [5, 5.41) is 3.00. The van der Waals surface area contributed by atoms with Gasteiger partial charge < -0.3 is 15.0 Å². The number of carbonyl (C=O) groups excluding carboxylic acids is 2. The van der Waals surface area contributed by atoms with E-state index in [2.05, 4.69) is 5.32 Å². The van der Waals surface area contributed by atoms with Gasteiger partial charge in [0.15, 0.2) is 0 Å². The molecule has 0 unspecified atom stereocenters. The Kier molecular flexibility index (Phi) is 10.8. The number of sulfonamides is 1. The minimum absolute atomic E-state index is 0.0973. The summed E-state index contributed by atoms with van der Waals surface area (Å²) in [4.78, 5) is 28.4. The van der Waals surface area contributed by atoms with Crippen molar-refractivity contribution in [2.24, 2.45) is 0 Å². The molecule has 2 aromatic rings. The molecule has 0 aliphatic heterocycles. The molecule has 0 radical (unpaired) electrons. The Hall–Kier alpha value is -3.07. The maximum absolute atomic E-state index is 13.6. The van der Waals surface area contributed by atoms with Crippen LogP contribution in [-0.2, 0) is 26.2 Å². The van der Waals surface area contributed by atoms with Crippen molar-refractivity contribution in [2.45, 2.75) is 78.9 Å². The fraction of sp³-hybridized carbons (Fsp3) is 0.517. The number of anilines is 1. The van der Waals surface area contributed by atoms with Crippen molar-refractivity contribution in [3.05, 3.63) is 59.2 Å². The van der Waals surface area contributed by atoms with Crippen LogP contribution in [0, 0.1) is 13.8 Å². The summed E-state index contributed by atoms with van der Waals surface area (Å²) in [5.41, 5.74) is 2.90. The number of ether oxygens (including phenoxy) is 1. The van der Waals surface area contributed by atoms with E-state index in [0.29, 0.717) is 24.3 Å². The molecule has 0 aliphatic rings. The molecule has 0 bridgehead atoms. The molecule has 0 heterocycles. The molecule has 2 rings (SSSR count). The molecule has 0 saturated carbocycles. The monoisotopic (exact) mass is 545 g/mol. The van der Waals surface area contributed by atoms with Crippen molar-refractivity contribution in [3.8, 4) is 5.75 Å². The average Bonchev–Trinajstić information content (AvgIpc) is 2.79. The first kappa shape index (κ1) is 31.1. The van der Waals surface area contributed by atoms with Gasteiger partial charge >= 0.3 is 0 Å². The number of hydrogen-bond acceptors (Lipinski definition) is 5. The van der Waals surface area contributed by atoms with E-state index in [-0.39, 0.29) is 31.3 Å². The van der Waals surface area contributed by atoms with Crippen LogP contribution in [0.1, 0.15) is 63.6 Å². The first-order chi connectivity index (χ1) is 17.6. The highest BCUT2D eigenvalue weighted by molar-refractivity contribution is 7.92. The fourth-order valence-electron chi connectivity index (χ4n) is 4.44. The topological polar surface area (TPSA) is 96.0 Å². The Morgan fingerprint density at radius 1 is 1.05 bits per heavy atom. The second-order valence-electron chi connectivity index (χ2n) is 10.8. The van der Waals surface area contributed by atoms with Crippen LogP contribution in [0.15, 0.2) is 42.5 Å². The molecule has 0 aromatic heterocycles. The second-order valence-corrected chi connectivity index (χ2v) is 12.7. The number of aryl methyl sites for hydroxylation is 2. The number of carbonyl (C=O) groups is 2. The van der Waals surface area contributed by atoms with Crippen molar-refractivity contribution in [1.29, 1.82) is 0 Å². The van der Waals surface area contributed by atoms with E-state index in [1.54, 1.807) is 12.0 Å². The standard InChI is InChI=1S/C29H43N3O5S/c1-9-26(28(34)30-29(4,5)6)31(20-23-12-10-13-25(19-23)37-7)27(33)14-11-15-32(38(8,35)36)24-17-21(2)16-22(3)18-24/h10,12-13,16-19,26H,9,11,14-15,20H2,1-8H3,(H,30,34)/t26-/m0/s1. The fourth-order valence-corrected chi connectivity index (χ4v) is 5.39. The molecule has 1 N–H and O–H groups in total. The van der Waals surface area contributed by atoms with Crippen LogP contribution in [0.2, 0.25) is 0 Å². The van der Waals surface area contributed by atoms with Crippen molar-refractivity contribution in [1.82, 2.24) is 10.2 Å². The van der Waals surface area contributed by atoms with Gasteiger partial charge in [-0.05, 0) is 88.4 Å². The Balaban J connectivity index is 2.28. The SMILES string of the molecule is CC[C@@H](C(=O)NC(C)(C)C)N(Cc1cccc(OC)c1)C(=O)CCCN(c1cc(C)cc(C)c1)S(C)(=O)=O. The largest absolute Gasteiger partial charge is 0.497 e.